The van der Waals surface area contributed by atoms with Crippen molar-refractivity contribution >= 4 is 40.3 Å². The number of aromatic nitrogens is 4. The van der Waals surface area contributed by atoms with Crippen molar-refractivity contribution in [2.45, 2.75) is 38.3 Å². The SMILES string of the molecule is COC(=O)CCOc1ccc(-c2nc3c(OC4(C)CC4)ncnc3n2Cc2cccc(Cl)c2)c(Cl)c1. The molecule has 2 aromatic carbocycles. The van der Waals surface area contributed by atoms with Crippen molar-refractivity contribution in [2.75, 3.05) is 13.7 Å². The predicted octanol–water partition coefficient (Wildman–Crippen LogP) is 5.72. The maximum atomic E-state index is 11.4. The van der Waals surface area contributed by atoms with Crippen LogP contribution in [0.5, 0.6) is 11.6 Å². The molecule has 1 aliphatic carbocycles. The van der Waals surface area contributed by atoms with E-state index in [-0.39, 0.29) is 24.6 Å². The zero-order chi connectivity index (χ0) is 25.3. The Balaban J connectivity index is 1.54. The van der Waals surface area contributed by atoms with Crippen LogP contribution < -0.4 is 9.47 Å². The molecule has 1 aliphatic rings. The van der Waals surface area contributed by atoms with E-state index in [0.717, 1.165) is 18.4 Å². The lowest BCUT2D eigenvalue weighted by Gasteiger charge is -2.12. The Hall–Kier alpha value is -3.36. The number of hydrogen-bond donors (Lipinski definition) is 0. The minimum atomic E-state index is -0.341. The zero-order valence-corrected chi connectivity index (χ0v) is 21.3. The van der Waals surface area contributed by atoms with Gasteiger partial charge in [-0.25, -0.2) is 9.97 Å². The molecule has 5 rings (SSSR count). The Morgan fingerprint density at radius 3 is 2.69 bits per heavy atom. The summed E-state index contributed by atoms with van der Waals surface area (Å²) in [5.41, 5.74) is 2.66. The molecule has 36 heavy (non-hydrogen) atoms. The number of carbonyl (C=O) groups is 1. The normalized spacial score (nSPS) is 14.0. The average molecular weight is 527 g/mol. The zero-order valence-electron chi connectivity index (χ0n) is 19.8. The van der Waals surface area contributed by atoms with E-state index in [4.69, 9.17) is 37.7 Å². The first kappa shape index (κ1) is 24.3. The average Bonchev–Trinajstić information content (AvgIpc) is 3.47. The molecule has 0 unspecified atom stereocenters. The van der Waals surface area contributed by atoms with Gasteiger partial charge in [0.1, 0.15) is 23.5 Å². The number of rotatable bonds is 9. The molecule has 10 heteroatoms. The molecule has 0 aliphatic heterocycles. The molecule has 0 amide bonds. The maximum absolute atomic E-state index is 11.4. The molecular weight excluding hydrogens is 503 g/mol. The fraction of sp³-hybridized carbons (Fsp3) is 0.308. The second-order valence-electron chi connectivity index (χ2n) is 8.87. The van der Waals surface area contributed by atoms with Gasteiger partial charge in [-0.05, 0) is 55.7 Å². The van der Waals surface area contributed by atoms with Crippen LogP contribution in [-0.2, 0) is 16.1 Å². The molecule has 0 bridgehead atoms. The molecule has 1 fully saturated rings. The number of imidazole rings is 1. The molecular formula is C26H24Cl2N4O4. The summed E-state index contributed by atoms with van der Waals surface area (Å²) in [6.07, 6.45) is 3.57. The maximum Gasteiger partial charge on any atom is 0.308 e. The van der Waals surface area contributed by atoms with Crippen LogP contribution in [0.2, 0.25) is 10.0 Å². The van der Waals surface area contributed by atoms with E-state index >= 15 is 0 Å². The fourth-order valence-corrected chi connectivity index (χ4v) is 4.26. The number of benzene rings is 2. The van der Waals surface area contributed by atoms with E-state index in [1.807, 2.05) is 34.9 Å². The Bertz CT molecular complexity index is 1430. The molecule has 0 atom stereocenters. The van der Waals surface area contributed by atoms with Gasteiger partial charge in [0.15, 0.2) is 11.2 Å². The van der Waals surface area contributed by atoms with Gasteiger partial charge in [-0.2, -0.15) is 4.98 Å². The highest BCUT2D eigenvalue weighted by molar-refractivity contribution is 6.33. The second kappa shape index (κ2) is 9.95. The third kappa shape index (κ3) is 5.24. The van der Waals surface area contributed by atoms with Crippen LogP contribution >= 0.6 is 23.2 Å². The monoisotopic (exact) mass is 526 g/mol. The van der Waals surface area contributed by atoms with Gasteiger partial charge in [0.25, 0.3) is 0 Å². The number of halogens is 2. The van der Waals surface area contributed by atoms with Crippen molar-refractivity contribution in [3.8, 4) is 23.0 Å². The quantitative estimate of drug-likeness (QED) is 0.257. The second-order valence-corrected chi connectivity index (χ2v) is 9.71. The lowest BCUT2D eigenvalue weighted by atomic mass is 10.2. The van der Waals surface area contributed by atoms with Gasteiger partial charge in [0.05, 0.1) is 31.7 Å². The summed E-state index contributed by atoms with van der Waals surface area (Å²) in [5.74, 6) is 1.26. The third-order valence-electron chi connectivity index (χ3n) is 6.01. The molecule has 8 nitrogen and oxygen atoms in total. The lowest BCUT2D eigenvalue weighted by Crippen LogP contribution is -2.13. The Morgan fingerprint density at radius 2 is 1.97 bits per heavy atom. The van der Waals surface area contributed by atoms with Crippen LogP contribution in [-0.4, -0.2) is 44.8 Å². The van der Waals surface area contributed by atoms with Gasteiger partial charge in [0.2, 0.25) is 5.88 Å². The molecule has 4 aromatic rings. The van der Waals surface area contributed by atoms with E-state index in [9.17, 15) is 4.79 Å². The number of fused-ring (bicyclic) bond motifs is 1. The van der Waals surface area contributed by atoms with Crippen LogP contribution in [0.4, 0.5) is 0 Å². The summed E-state index contributed by atoms with van der Waals surface area (Å²) < 4.78 is 18.5. The molecule has 2 heterocycles. The number of esters is 1. The summed E-state index contributed by atoms with van der Waals surface area (Å²) in [7, 11) is 1.34. The molecule has 0 spiro atoms. The highest BCUT2D eigenvalue weighted by atomic mass is 35.5. The molecule has 2 aromatic heterocycles. The minimum absolute atomic E-state index is 0.145. The summed E-state index contributed by atoms with van der Waals surface area (Å²) in [6.45, 7) is 2.71. The number of nitrogens with zero attached hydrogens (tertiary/aromatic N) is 4. The molecule has 1 saturated carbocycles. The van der Waals surface area contributed by atoms with Crippen molar-refractivity contribution in [1.29, 1.82) is 0 Å². The smallest absolute Gasteiger partial charge is 0.308 e. The van der Waals surface area contributed by atoms with Crippen LogP contribution in [0.3, 0.4) is 0 Å². The van der Waals surface area contributed by atoms with Crippen molar-refractivity contribution in [1.82, 2.24) is 19.5 Å². The summed E-state index contributed by atoms with van der Waals surface area (Å²) >= 11 is 12.9. The first-order valence-corrected chi connectivity index (χ1v) is 12.2. The van der Waals surface area contributed by atoms with E-state index in [1.54, 1.807) is 12.1 Å². The summed E-state index contributed by atoms with van der Waals surface area (Å²) in [5, 5.41) is 1.09. The number of methoxy groups -OCH3 is 1. The van der Waals surface area contributed by atoms with Gasteiger partial charge < -0.3 is 18.8 Å². The summed E-state index contributed by atoms with van der Waals surface area (Å²) in [4.78, 5) is 25.2. The Labute approximate surface area is 218 Å². The highest BCUT2D eigenvalue weighted by Crippen LogP contribution is 2.41. The fourth-order valence-electron chi connectivity index (χ4n) is 3.80. The van der Waals surface area contributed by atoms with E-state index < -0.39 is 0 Å². The summed E-state index contributed by atoms with van der Waals surface area (Å²) in [6, 6.07) is 13.0. The van der Waals surface area contributed by atoms with E-state index in [0.29, 0.717) is 50.8 Å². The standard InChI is InChI=1S/C26H24Cl2N4O4/c1-26(9-10-26)36-25-22-24(29-15-30-25)32(14-16-4-3-5-17(27)12-16)23(31-22)19-7-6-18(13-20(19)28)35-11-8-21(33)34-2/h3-7,12-13,15H,8-11,14H2,1-2H3. The molecule has 0 radical (unpaired) electrons. The van der Waals surface area contributed by atoms with Crippen LogP contribution in [0.25, 0.3) is 22.6 Å². The minimum Gasteiger partial charge on any atom is -0.493 e. The van der Waals surface area contributed by atoms with Crippen molar-refractivity contribution in [3.63, 3.8) is 0 Å². The number of ether oxygens (including phenoxy) is 3. The van der Waals surface area contributed by atoms with Gasteiger partial charge in [-0.15, -0.1) is 0 Å². The number of carbonyl (C=O) groups excluding carboxylic acids is 1. The first-order valence-electron chi connectivity index (χ1n) is 11.5. The van der Waals surface area contributed by atoms with Crippen molar-refractivity contribution in [2.24, 2.45) is 0 Å². The van der Waals surface area contributed by atoms with Crippen LogP contribution in [0.15, 0.2) is 48.8 Å². The van der Waals surface area contributed by atoms with Crippen molar-refractivity contribution < 1.29 is 19.0 Å². The highest BCUT2D eigenvalue weighted by Gasteiger charge is 2.41. The Kier molecular flexibility index (Phi) is 6.73. The molecule has 186 valence electrons. The first-order chi connectivity index (χ1) is 17.3. The predicted molar refractivity (Wildman–Crippen MR) is 137 cm³/mol. The molecule has 0 saturated heterocycles. The Morgan fingerprint density at radius 1 is 1.14 bits per heavy atom. The van der Waals surface area contributed by atoms with Gasteiger partial charge in [-0.1, -0.05) is 35.3 Å². The van der Waals surface area contributed by atoms with Crippen molar-refractivity contribution in [3.05, 3.63) is 64.4 Å². The molecule has 0 N–H and O–H groups in total. The van der Waals surface area contributed by atoms with E-state index in [1.165, 1.54) is 13.4 Å². The van der Waals surface area contributed by atoms with Crippen LogP contribution in [0.1, 0.15) is 31.7 Å². The van der Waals surface area contributed by atoms with Crippen LogP contribution in [0, 0.1) is 0 Å². The van der Waals surface area contributed by atoms with Gasteiger partial charge >= 0.3 is 5.97 Å². The largest absolute Gasteiger partial charge is 0.493 e. The third-order valence-corrected chi connectivity index (χ3v) is 6.56. The van der Waals surface area contributed by atoms with Gasteiger partial charge in [-0.3, -0.25) is 4.79 Å². The lowest BCUT2D eigenvalue weighted by molar-refractivity contribution is -0.141. The van der Waals surface area contributed by atoms with Gasteiger partial charge in [0, 0.05) is 10.6 Å². The van der Waals surface area contributed by atoms with E-state index in [2.05, 4.69) is 21.6 Å². The number of hydrogen-bond acceptors (Lipinski definition) is 7. The topological polar surface area (TPSA) is 88.4 Å².